The van der Waals surface area contributed by atoms with Gasteiger partial charge < -0.3 is 9.88 Å². The first kappa shape index (κ1) is 18.0. The van der Waals surface area contributed by atoms with Gasteiger partial charge in [-0.05, 0) is 36.4 Å². The van der Waals surface area contributed by atoms with Crippen molar-refractivity contribution in [2.45, 2.75) is 5.16 Å². The third-order valence-electron chi connectivity index (χ3n) is 3.47. The molecule has 1 aromatic heterocycles. The van der Waals surface area contributed by atoms with Gasteiger partial charge in [-0.2, -0.15) is 0 Å². The molecule has 0 bridgehead atoms. The molecule has 0 aliphatic carbocycles. The molecule has 0 unspecified atom stereocenters. The normalized spacial score (nSPS) is 10.8. The van der Waals surface area contributed by atoms with Crippen molar-refractivity contribution in [3.8, 4) is 11.4 Å². The first-order chi connectivity index (χ1) is 12.4. The maximum Gasteiger partial charge on any atom is 0.234 e. The van der Waals surface area contributed by atoms with Crippen molar-refractivity contribution < 1.29 is 18.0 Å². The molecule has 1 N–H and O–H groups in total. The van der Waals surface area contributed by atoms with Crippen LogP contribution in [0.25, 0.3) is 11.4 Å². The van der Waals surface area contributed by atoms with Crippen LogP contribution in [-0.4, -0.2) is 26.4 Å². The van der Waals surface area contributed by atoms with Crippen molar-refractivity contribution in [3.05, 3.63) is 59.9 Å². The highest BCUT2D eigenvalue weighted by atomic mass is 32.2. The summed E-state index contributed by atoms with van der Waals surface area (Å²) in [6, 6.07) is 8.71. The predicted octanol–water partition coefficient (Wildman–Crippen LogP) is 3.63. The molecule has 0 fully saturated rings. The van der Waals surface area contributed by atoms with Gasteiger partial charge in [-0.1, -0.05) is 11.8 Å². The fourth-order valence-corrected chi connectivity index (χ4v) is 2.91. The highest BCUT2D eigenvalue weighted by Gasteiger charge is 2.14. The molecule has 0 aliphatic heterocycles. The molecule has 0 spiro atoms. The highest BCUT2D eigenvalue weighted by molar-refractivity contribution is 7.99. The van der Waals surface area contributed by atoms with Gasteiger partial charge in [0.25, 0.3) is 0 Å². The number of nitrogens with one attached hydrogen (secondary N) is 1. The number of hydrogen-bond donors (Lipinski definition) is 1. The number of carbonyl (C=O) groups excluding carboxylic acids is 1. The summed E-state index contributed by atoms with van der Waals surface area (Å²) in [7, 11) is 1.72. The van der Waals surface area contributed by atoms with E-state index in [1.807, 2.05) is 0 Å². The second kappa shape index (κ2) is 7.61. The van der Waals surface area contributed by atoms with E-state index in [0.29, 0.717) is 22.6 Å². The maximum atomic E-state index is 13.5. The van der Waals surface area contributed by atoms with Gasteiger partial charge in [0.15, 0.2) is 11.0 Å². The molecule has 26 heavy (non-hydrogen) atoms. The Morgan fingerprint density at radius 2 is 1.77 bits per heavy atom. The van der Waals surface area contributed by atoms with E-state index in [0.717, 1.165) is 23.9 Å². The summed E-state index contributed by atoms with van der Waals surface area (Å²) in [4.78, 5) is 12.0. The molecule has 1 heterocycles. The Balaban J connectivity index is 1.64. The van der Waals surface area contributed by atoms with E-state index in [2.05, 4.69) is 15.5 Å². The molecule has 0 saturated heterocycles. The van der Waals surface area contributed by atoms with Gasteiger partial charge in [-0.3, -0.25) is 4.79 Å². The van der Waals surface area contributed by atoms with Crippen molar-refractivity contribution in [3.63, 3.8) is 0 Å². The second-order valence-corrected chi connectivity index (χ2v) is 6.28. The largest absolute Gasteiger partial charge is 0.323 e. The summed E-state index contributed by atoms with van der Waals surface area (Å²) in [5.41, 5.74) is 0.591. The number of halogens is 3. The average Bonchev–Trinajstić information content (AvgIpc) is 2.97. The Hall–Kier alpha value is -2.81. The van der Waals surface area contributed by atoms with Crippen LogP contribution in [0.15, 0.2) is 47.6 Å². The molecule has 9 heteroatoms. The van der Waals surface area contributed by atoms with Crippen molar-refractivity contribution in [1.82, 2.24) is 14.8 Å². The first-order valence-corrected chi connectivity index (χ1v) is 8.45. The van der Waals surface area contributed by atoms with Gasteiger partial charge in [-0.25, -0.2) is 13.2 Å². The van der Waals surface area contributed by atoms with Gasteiger partial charge in [0.2, 0.25) is 5.91 Å². The summed E-state index contributed by atoms with van der Waals surface area (Å²) < 4.78 is 41.1. The quantitative estimate of drug-likeness (QED) is 0.689. The standard InChI is InChI=1S/C17H13F3N4OS/c1-24-16(10-2-4-11(18)5-3-10)22-23-17(24)26-9-15(25)21-14-7-6-12(19)8-13(14)20/h2-8H,9H2,1H3,(H,21,25). The zero-order chi connectivity index (χ0) is 18.7. The second-order valence-electron chi connectivity index (χ2n) is 5.33. The van der Waals surface area contributed by atoms with E-state index in [9.17, 15) is 18.0 Å². The van der Waals surface area contributed by atoms with Gasteiger partial charge in [0.1, 0.15) is 17.5 Å². The van der Waals surface area contributed by atoms with E-state index < -0.39 is 17.5 Å². The lowest BCUT2D eigenvalue weighted by molar-refractivity contribution is -0.113. The Morgan fingerprint density at radius 3 is 2.46 bits per heavy atom. The third-order valence-corrected chi connectivity index (χ3v) is 4.50. The van der Waals surface area contributed by atoms with E-state index in [4.69, 9.17) is 0 Å². The lowest BCUT2D eigenvalue weighted by Crippen LogP contribution is -2.15. The van der Waals surface area contributed by atoms with E-state index in [1.165, 1.54) is 12.1 Å². The molecule has 1 amide bonds. The minimum atomic E-state index is -0.847. The minimum absolute atomic E-state index is 0.0355. The molecule has 0 radical (unpaired) electrons. The zero-order valence-electron chi connectivity index (χ0n) is 13.5. The number of thioether (sulfide) groups is 1. The summed E-state index contributed by atoms with van der Waals surface area (Å²) in [6.45, 7) is 0. The summed E-state index contributed by atoms with van der Waals surface area (Å²) >= 11 is 1.11. The van der Waals surface area contributed by atoms with Crippen LogP contribution in [0.4, 0.5) is 18.9 Å². The van der Waals surface area contributed by atoms with Crippen molar-refractivity contribution in [2.75, 3.05) is 11.1 Å². The van der Waals surface area contributed by atoms with Crippen molar-refractivity contribution in [1.29, 1.82) is 0 Å². The molecular weight excluding hydrogens is 365 g/mol. The number of amides is 1. The van der Waals surface area contributed by atoms with Crippen LogP contribution in [0.2, 0.25) is 0 Å². The van der Waals surface area contributed by atoms with E-state index in [-0.39, 0.29) is 17.3 Å². The predicted molar refractivity (Wildman–Crippen MR) is 92.1 cm³/mol. The highest BCUT2D eigenvalue weighted by Crippen LogP contribution is 2.23. The van der Waals surface area contributed by atoms with E-state index >= 15 is 0 Å². The first-order valence-electron chi connectivity index (χ1n) is 7.47. The molecule has 3 rings (SSSR count). The lowest BCUT2D eigenvalue weighted by atomic mass is 10.2. The van der Waals surface area contributed by atoms with Gasteiger partial charge in [0, 0.05) is 18.7 Å². The fraction of sp³-hybridized carbons (Fsp3) is 0.118. The summed E-state index contributed by atoms with van der Waals surface area (Å²) in [5, 5.41) is 10.9. The Labute approximate surface area is 151 Å². The molecule has 2 aromatic carbocycles. The van der Waals surface area contributed by atoms with Gasteiger partial charge in [-0.15, -0.1) is 10.2 Å². The van der Waals surface area contributed by atoms with Crippen LogP contribution >= 0.6 is 11.8 Å². The number of rotatable bonds is 5. The van der Waals surface area contributed by atoms with Crippen LogP contribution in [0.5, 0.6) is 0 Å². The molecule has 5 nitrogen and oxygen atoms in total. The summed E-state index contributed by atoms with van der Waals surface area (Å²) in [6.07, 6.45) is 0. The molecule has 3 aromatic rings. The fourth-order valence-electron chi connectivity index (χ4n) is 2.20. The topological polar surface area (TPSA) is 59.8 Å². The van der Waals surface area contributed by atoms with Crippen LogP contribution in [0.1, 0.15) is 0 Å². The van der Waals surface area contributed by atoms with Crippen LogP contribution in [-0.2, 0) is 11.8 Å². The Morgan fingerprint density at radius 1 is 1.08 bits per heavy atom. The Bertz CT molecular complexity index is 944. The number of hydrogen-bond acceptors (Lipinski definition) is 4. The third kappa shape index (κ3) is 4.05. The molecule has 0 aliphatic rings. The number of nitrogens with zero attached hydrogens (tertiary/aromatic N) is 3. The molecular formula is C17H13F3N4OS. The minimum Gasteiger partial charge on any atom is -0.323 e. The Kier molecular flexibility index (Phi) is 5.27. The van der Waals surface area contributed by atoms with E-state index in [1.54, 1.807) is 23.7 Å². The molecule has 134 valence electrons. The van der Waals surface area contributed by atoms with Crippen LogP contribution in [0.3, 0.4) is 0 Å². The lowest BCUT2D eigenvalue weighted by Gasteiger charge is -2.06. The summed E-state index contributed by atoms with van der Waals surface area (Å²) in [5.74, 6) is -1.89. The molecule has 0 saturated carbocycles. The smallest absolute Gasteiger partial charge is 0.234 e. The van der Waals surface area contributed by atoms with Crippen molar-refractivity contribution in [2.24, 2.45) is 7.05 Å². The monoisotopic (exact) mass is 378 g/mol. The number of aromatic nitrogens is 3. The van der Waals surface area contributed by atoms with Gasteiger partial charge >= 0.3 is 0 Å². The number of anilines is 1. The van der Waals surface area contributed by atoms with Gasteiger partial charge in [0.05, 0.1) is 11.4 Å². The van der Waals surface area contributed by atoms with Crippen LogP contribution < -0.4 is 5.32 Å². The van der Waals surface area contributed by atoms with Crippen LogP contribution in [0, 0.1) is 17.5 Å². The number of carbonyl (C=O) groups is 1. The van der Waals surface area contributed by atoms with Crippen molar-refractivity contribution >= 4 is 23.4 Å². The maximum absolute atomic E-state index is 13.5. The molecule has 0 atom stereocenters. The SMILES string of the molecule is Cn1c(SCC(=O)Nc2ccc(F)cc2F)nnc1-c1ccc(F)cc1. The average molecular weight is 378 g/mol. The number of benzene rings is 2. The zero-order valence-corrected chi connectivity index (χ0v) is 14.4.